The van der Waals surface area contributed by atoms with E-state index < -0.39 is 0 Å². The molecule has 1 aromatic rings. The Morgan fingerprint density at radius 1 is 1.50 bits per heavy atom. The van der Waals surface area contributed by atoms with Crippen LogP contribution < -0.4 is 0 Å². The first-order valence-corrected chi connectivity index (χ1v) is 7.36. The molecule has 2 unspecified atom stereocenters. The van der Waals surface area contributed by atoms with Gasteiger partial charge in [-0.15, -0.1) is 11.3 Å². The molecule has 0 aromatic carbocycles. The van der Waals surface area contributed by atoms with Gasteiger partial charge in [-0.2, -0.15) is 0 Å². The Labute approximate surface area is 110 Å². The summed E-state index contributed by atoms with van der Waals surface area (Å²) >= 11 is 5.45. The average Bonchev–Trinajstić information content (AvgIpc) is 2.75. The predicted molar refractivity (Wildman–Crippen MR) is 73.9 cm³/mol. The van der Waals surface area contributed by atoms with Gasteiger partial charge in [0.1, 0.15) is 0 Å². The van der Waals surface area contributed by atoms with Crippen molar-refractivity contribution >= 4 is 27.3 Å². The summed E-state index contributed by atoms with van der Waals surface area (Å²) in [5.74, 6) is 0.772. The number of likely N-dealkylation sites (N-methyl/N-ethyl adjacent to an activating group) is 1. The quantitative estimate of drug-likeness (QED) is 0.847. The van der Waals surface area contributed by atoms with Crippen LogP contribution >= 0.6 is 27.3 Å². The van der Waals surface area contributed by atoms with Crippen LogP contribution in [-0.2, 0) is 6.54 Å². The molecule has 2 rings (SSSR count). The van der Waals surface area contributed by atoms with Gasteiger partial charge in [0.2, 0.25) is 0 Å². The Kier molecular flexibility index (Phi) is 4.06. The third-order valence-electron chi connectivity index (χ3n) is 3.37. The lowest BCUT2D eigenvalue weighted by atomic mass is 10.1. The first-order chi connectivity index (χ1) is 7.58. The Morgan fingerprint density at radius 3 is 2.75 bits per heavy atom. The van der Waals surface area contributed by atoms with Crippen LogP contribution in [0.2, 0.25) is 0 Å². The molecule has 1 fully saturated rings. The third-order valence-corrected chi connectivity index (χ3v) is 5.28. The van der Waals surface area contributed by atoms with Crippen LogP contribution in [0.25, 0.3) is 0 Å². The zero-order chi connectivity index (χ0) is 11.7. The first-order valence-electron chi connectivity index (χ1n) is 5.68. The molecule has 1 aliphatic heterocycles. The normalized spacial score (nSPS) is 26.8. The van der Waals surface area contributed by atoms with Crippen molar-refractivity contribution in [1.82, 2.24) is 9.80 Å². The number of rotatable bonds is 3. The van der Waals surface area contributed by atoms with Crippen molar-refractivity contribution in [1.29, 1.82) is 0 Å². The van der Waals surface area contributed by atoms with E-state index in [0.29, 0.717) is 6.04 Å². The number of thiophene rings is 1. The van der Waals surface area contributed by atoms with E-state index in [2.05, 4.69) is 58.2 Å². The van der Waals surface area contributed by atoms with Crippen LogP contribution in [0.15, 0.2) is 15.9 Å². The third kappa shape index (κ3) is 2.67. The van der Waals surface area contributed by atoms with Gasteiger partial charge in [-0.1, -0.05) is 6.92 Å². The van der Waals surface area contributed by atoms with Crippen LogP contribution in [0, 0.1) is 5.92 Å². The van der Waals surface area contributed by atoms with Crippen molar-refractivity contribution in [3.8, 4) is 0 Å². The summed E-state index contributed by atoms with van der Waals surface area (Å²) in [5.41, 5.74) is 0. The molecular formula is C12H19BrN2S. The molecule has 16 heavy (non-hydrogen) atoms. The van der Waals surface area contributed by atoms with Crippen LogP contribution in [0.4, 0.5) is 0 Å². The van der Waals surface area contributed by atoms with Gasteiger partial charge in [-0.05, 0) is 47.4 Å². The molecule has 0 bridgehead atoms. The largest absolute Gasteiger partial charge is 0.305 e. The summed E-state index contributed by atoms with van der Waals surface area (Å²) < 4.78 is 1.26. The van der Waals surface area contributed by atoms with Gasteiger partial charge in [0.15, 0.2) is 0 Å². The van der Waals surface area contributed by atoms with Crippen molar-refractivity contribution in [2.24, 2.45) is 5.92 Å². The van der Waals surface area contributed by atoms with Crippen LogP contribution in [0.1, 0.15) is 11.8 Å². The van der Waals surface area contributed by atoms with E-state index in [1.807, 2.05) is 11.3 Å². The minimum Gasteiger partial charge on any atom is -0.305 e. The Bertz CT molecular complexity index is 351. The SMILES string of the molecule is CC1CN(Cc2sccc2Br)CC1N(C)C. The van der Waals surface area contributed by atoms with Crippen LogP contribution in [-0.4, -0.2) is 43.0 Å². The summed E-state index contributed by atoms with van der Waals surface area (Å²) in [6, 6.07) is 2.85. The van der Waals surface area contributed by atoms with E-state index in [0.717, 1.165) is 12.5 Å². The van der Waals surface area contributed by atoms with Crippen molar-refractivity contribution < 1.29 is 0 Å². The molecule has 1 aromatic heterocycles. The lowest BCUT2D eigenvalue weighted by Crippen LogP contribution is -2.34. The monoisotopic (exact) mass is 302 g/mol. The number of hydrogen-bond donors (Lipinski definition) is 0. The number of hydrogen-bond acceptors (Lipinski definition) is 3. The standard InChI is InChI=1S/C12H19BrN2S/c1-9-6-15(7-11(9)14(2)3)8-12-10(13)4-5-16-12/h4-5,9,11H,6-8H2,1-3H3. The van der Waals surface area contributed by atoms with E-state index in [1.165, 1.54) is 22.4 Å². The van der Waals surface area contributed by atoms with Crippen molar-refractivity contribution in [3.05, 3.63) is 20.8 Å². The molecule has 2 nitrogen and oxygen atoms in total. The first kappa shape index (κ1) is 12.6. The van der Waals surface area contributed by atoms with Crippen LogP contribution in [0.3, 0.4) is 0 Å². The topological polar surface area (TPSA) is 6.48 Å². The molecule has 2 heterocycles. The predicted octanol–water partition coefficient (Wildman–Crippen LogP) is 2.89. The Morgan fingerprint density at radius 2 is 2.25 bits per heavy atom. The molecule has 0 amide bonds. The molecule has 1 saturated heterocycles. The molecule has 0 N–H and O–H groups in total. The summed E-state index contributed by atoms with van der Waals surface area (Å²) in [4.78, 5) is 6.37. The van der Waals surface area contributed by atoms with Crippen molar-refractivity contribution in [2.75, 3.05) is 27.2 Å². The molecule has 1 aliphatic rings. The van der Waals surface area contributed by atoms with Gasteiger partial charge in [-0.3, -0.25) is 4.90 Å². The Hall–Kier alpha value is 0.1000. The summed E-state index contributed by atoms with van der Waals surface area (Å²) in [5, 5.41) is 2.16. The molecule has 0 spiro atoms. The van der Waals surface area contributed by atoms with Gasteiger partial charge < -0.3 is 4.90 Å². The van der Waals surface area contributed by atoms with Crippen molar-refractivity contribution in [3.63, 3.8) is 0 Å². The minimum atomic E-state index is 0.707. The second-order valence-corrected chi connectivity index (χ2v) is 6.75. The maximum absolute atomic E-state index is 3.61. The molecular weight excluding hydrogens is 284 g/mol. The summed E-state index contributed by atoms with van der Waals surface area (Å²) in [6.45, 7) is 5.85. The molecule has 0 saturated carbocycles. The second-order valence-electron chi connectivity index (χ2n) is 4.89. The lowest BCUT2D eigenvalue weighted by Gasteiger charge is -2.22. The van der Waals surface area contributed by atoms with Gasteiger partial charge in [0, 0.05) is 35.0 Å². The summed E-state index contributed by atoms with van der Waals surface area (Å²) in [7, 11) is 4.37. The average molecular weight is 303 g/mol. The minimum absolute atomic E-state index is 0.707. The summed E-state index contributed by atoms with van der Waals surface area (Å²) in [6.07, 6.45) is 0. The molecule has 2 atom stereocenters. The maximum atomic E-state index is 3.61. The van der Waals surface area contributed by atoms with Gasteiger partial charge in [0.05, 0.1) is 0 Å². The van der Waals surface area contributed by atoms with Gasteiger partial charge in [0.25, 0.3) is 0 Å². The van der Waals surface area contributed by atoms with Crippen molar-refractivity contribution in [2.45, 2.75) is 19.5 Å². The van der Waals surface area contributed by atoms with E-state index in [9.17, 15) is 0 Å². The Balaban J connectivity index is 1.96. The molecule has 0 aliphatic carbocycles. The molecule has 4 heteroatoms. The van der Waals surface area contributed by atoms with E-state index in [4.69, 9.17) is 0 Å². The highest BCUT2D eigenvalue weighted by Gasteiger charge is 2.31. The number of nitrogens with zero attached hydrogens (tertiary/aromatic N) is 2. The highest BCUT2D eigenvalue weighted by atomic mass is 79.9. The fourth-order valence-electron chi connectivity index (χ4n) is 2.49. The van der Waals surface area contributed by atoms with E-state index in [-0.39, 0.29) is 0 Å². The van der Waals surface area contributed by atoms with Gasteiger partial charge in [-0.25, -0.2) is 0 Å². The number of likely N-dealkylation sites (tertiary alicyclic amines) is 1. The molecule has 90 valence electrons. The zero-order valence-corrected chi connectivity index (χ0v) is 12.5. The highest BCUT2D eigenvalue weighted by Crippen LogP contribution is 2.27. The smallest absolute Gasteiger partial charge is 0.0340 e. The molecule has 0 radical (unpaired) electrons. The maximum Gasteiger partial charge on any atom is 0.0340 e. The van der Waals surface area contributed by atoms with E-state index in [1.54, 1.807) is 0 Å². The second kappa shape index (κ2) is 5.17. The fraction of sp³-hybridized carbons (Fsp3) is 0.667. The van der Waals surface area contributed by atoms with Gasteiger partial charge >= 0.3 is 0 Å². The highest BCUT2D eigenvalue weighted by molar-refractivity contribution is 9.10. The van der Waals surface area contributed by atoms with E-state index >= 15 is 0 Å². The lowest BCUT2D eigenvalue weighted by molar-refractivity contribution is 0.250. The van der Waals surface area contributed by atoms with Crippen LogP contribution in [0.5, 0.6) is 0 Å². The fourth-order valence-corrected chi connectivity index (χ4v) is 4.01. The number of halogens is 1. The zero-order valence-electron chi connectivity index (χ0n) is 10.1.